The summed E-state index contributed by atoms with van der Waals surface area (Å²) in [7, 11) is 0. The van der Waals surface area contributed by atoms with Crippen LogP contribution in [0.3, 0.4) is 0 Å². The first-order valence-electron chi connectivity index (χ1n) is 7.81. The van der Waals surface area contributed by atoms with Crippen LogP contribution in [0.1, 0.15) is 49.7 Å². The third-order valence-electron chi connectivity index (χ3n) is 5.34. The predicted octanol–water partition coefficient (Wildman–Crippen LogP) is 3.15. The van der Waals surface area contributed by atoms with Gasteiger partial charge in [0, 0.05) is 13.1 Å². The van der Waals surface area contributed by atoms with Gasteiger partial charge in [0.05, 0.1) is 5.60 Å². The van der Waals surface area contributed by atoms with E-state index in [4.69, 9.17) is 4.74 Å². The van der Waals surface area contributed by atoms with E-state index in [1.54, 1.807) is 0 Å². The molecule has 19 heavy (non-hydrogen) atoms. The standard InChI is InChI=1S/C17H23NO/c1-4-9-16(10-5-1)12-18-13-17(19-16)11-8-14-6-2-3-7-15(14)17/h2-3,6-7,18H,1,4-5,8-13H2. The smallest absolute Gasteiger partial charge is 0.107 e. The molecule has 1 N–H and O–H groups in total. The molecule has 0 aromatic heterocycles. The normalized spacial score (nSPS) is 32.6. The van der Waals surface area contributed by atoms with Crippen molar-refractivity contribution in [1.82, 2.24) is 5.32 Å². The highest BCUT2D eigenvalue weighted by Crippen LogP contribution is 2.47. The Balaban J connectivity index is 1.68. The van der Waals surface area contributed by atoms with E-state index in [0.717, 1.165) is 19.5 Å². The fraction of sp³-hybridized carbons (Fsp3) is 0.647. The molecule has 1 saturated carbocycles. The number of hydrogen-bond donors (Lipinski definition) is 1. The number of rotatable bonds is 0. The van der Waals surface area contributed by atoms with Crippen molar-refractivity contribution in [3.63, 3.8) is 0 Å². The molecular formula is C17H23NO. The van der Waals surface area contributed by atoms with Crippen molar-refractivity contribution in [2.24, 2.45) is 0 Å². The molecule has 1 unspecified atom stereocenters. The van der Waals surface area contributed by atoms with E-state index in [0.29, 0.717) is 0 Å². The molecule has 4 rings (SSSR count). The summed E-state index contributed by atoms with van der Waals surface area (Å²) in [5, 5.41) is 3.69. The van der Waals surface area contributed by atoms with Gasteiger partial charge in [-0.25, -0.2) is 0 Å². The first kappa shape index (κ1) is 11.9. The van der Waals surface area contributed by atoms with Crippen molar-refractivity contribution in [1.29, 1.82) is 0 Å². The van der Waals surface area contributed by atoms with Crippen LogP contribution >= 0.6 is 0 Å². The quantitative estimate of drug-likeness (QED) is 0.771. The van der Waals surface area contributed by atoms with Gasteiger partial charge in [0.2, 0.25) is 0 Å². The molecule has 2 spiro atoms. The topological polar surface area (TPSA) is 21.3 Å². The minimum Gasteiger partial charge on any atom is -0.361 e. The van der Waals surface area contributed by atoms with Gasteiger partial charge in [0.25, 0.3) is 0 Å². The maximum Gasteiger partial charge on any atom is 0.107 e. The molecule has 1 atom stereocenters. The molecule has 2 aliphatic carbocycles. The van der Waals surface area contributed by atoms with Gasteiger partial charge in [-0.05, 0) is 36.8 Å². The van der Waals surface area contributed by atoms with Gasteiger partial charge < -0.3 is 10.1 Å². The lowest BCUT2D eigenvalue weighted by molar-refractivity contribution is -0.195. The molecule has 2 nitrogen and oxygen atoms in total. The average molecular weight is 257 g/mol. The summed E-state index contributed by atoms with van der Waals surface area (Å²) < 4.78 is 6.83. The number of fused-ring (bicyclic) bond motifs is 2. The Morgan fingerprint density at radius 2 is 1.79 bits per heavy atom. The molecule has 0 radical (unpaired) electrons. The van der Waals surface area contributed by atoms with E-state index in [1.165, 1.54) is 49.7 Å². The largest absolute Gasteiger partial charge is 0.361 e. The van der Waals surface area contributed by atoms with Gasteiger partial charge in [-0.15, -0.1) is 0 Å². The van der Waals surface area contributed by atoms with Crippen molar-refractivity contribution in [3.8, 4) is 0 Å². The van der Waals surface area contributed by atoms with E-state index < -0.39 is 0 Å². The molecule has 2 heteroatoms. The lowest BCUT2D eigenvalue weighted by atomic mass is 9.81. The summed E-state index contributed by atoms with van der Waals surface area (Å²) in [4.78, 5) is 0. The first-order valence-corrected chi connectivity index (χ1v) is 7.81. The van der Waals surface area contributed by atoms with Crippen molar-refractivity contribution in [3.05, 3.63) is 35.4 Å². The molecule has 1 heterocycles. The molecule has 102 valence electrons. The third kappa shape index (κ3) is 1.85. The van der Waals surface area contributed by atoms with E-state index in [9.17, 15) is 0 Å². The lowest BCUT2D eigenvalue weighted by Crippen LogP contribution is -2.58. The van der Waals surface area contributed by atoms with Crippen molar-refractivity contribution in [2.75, 3.05) is 13.1 Å². The molecule has 3 aliphatic rings. The molecular weight excluding hydrogens is 234 g/mol. The highest BCUT2D eigenvalue weighted by atomic mass is 16.5. The Bertz CT molecular complexity index is 468. The van der Waals surface area contributed by atoms with Gasteiger partial charge in [-0.2, -0.15) is 0 Å². The van der Waals surface area contributed by atoms with E-state index >= 15 is 0 Å². The monoisotopic (exact) mass is 257 g/mol. The Morgan fingerprint density at radius 1 is 0.947 bits per heavy atom. The number of aryl methyl sites for hydroxylation is 1. The fourth-order valence-corrected chi connectivity index (χ4v) is 4.40. The zero-order valence-corrected chi connectivity index (χ0v) is 11.6. The van der Waals surface area contributed by atoms with Crippen molar-refractivity contribution >= 4 is 0 Å². The Hall–Kier alpha value is -0.860. The van der Waals surface area contributed by atoms with Crippen LogP contribution in [-0.2, 0) is 16.8 Å². The van der Waals surface area contributed by atoms with Gasteiger partial charge in [-0.3, -0.25) is 0 Å². The Morgan fingerprint density at radius 3 is 2.68 bits per heavy atom. The summed E-state index contributed by atoms with van der Waals surface area (Å²) in [6.07, 6.45) is 8.86. The zero-order valence-electron chi connectivity index (χ0n) is 11.6. The van der Waals surface area contributed by atoms with Crippen LogP contribution in [0.5, 0.6) is 0 Å². The third-order valence-corrected chi connectivity index (χ3v) is 5.34. The number of morpholine rings is 1. The number of hydrogen-bond acceptors (Lipinski definition) is 2. The maximum absolute atomic E-state index is 6.83. The summed E-state index contributed by atoms with van der Waals surface area (Å²) >= 11 is 0. The predicted molar refractivity (Wildman–Crippen MR) is 76.2 cm³/mol. The van der Waals surface area contributed by atoms with E-state index in [1.807, 2.05) is 0 Å². The first-order chi connectivity index (χ1) is 9.32. The minimum absolute atomic E-state index is 0.0355. The summed E-state index contributed by atoms with van der Waals surface area (Å²) in [6, 6.07) is 8.88. The van der Waals surface area contributed by atoms with Crippen LogP contribution in [0, 0.1) is 0 Å². The lowest BCUT2D eigenvalue weighted by Gasteiger charge is -2.49. The van der Waals surface area contributed by atoms with Crippen LogP contribution in [0.25, 0.3) is 0 Å². The van der Waals surface area contributed by atoms with Crippen molar-refractivity contribution in [2.45, 2.75) is 56.1 Å². The van der Waals surface area contributed by atoms with Crippen LogP contribution in [0.2, 0.25) is 0 Å². The summed E-state index contributed by atoms with van der Waals surface area (Å²) in [5.74, 6) is 0. The summed E-state index contributed by atoms with van der Waals surface area (Å²) in [6.45, 7) is 2.04. The molecule has 0 bridgehead atoms. The second kappa shape index (κ2) is 4.32. The summed E-state index contributed by atoms with van der Waals surface area (Å²) in [5.41, 5.74) is 3.03. The average Bonchev–Trinajstić information content (AvgIpc) is 2.79. The maximum atomic E-state index is 6.83. The highest BCUT2D eigenvalue weighted by Gasteiger charge is 2.49. The van der Waals surface area contributed by atoms with Gasteiger partial charge >= 0.3 is 0 Å². The molecule has 2 fully saturated rings. The van der Waals surface area contributed by atoms with Gasteiger partial charge in [0.15, 0.2) is 0 Å². The fourth-order valence-electron chi connectivity index (χ4n) is 4.40. The number of benzene rings is 1. The highest BCUT2D eigenvalue weighted by molar-refractivity contribution is 5.38. The number of ether oxygens (including phenoxy) is 1. The second-order valence-electron chi connectivity index (χ2n) is 6.60. The molecule has 1 aliphatic heterocycles. The molecule has 1 aromatic rings. The SMILES string of the molecule is c1ccc2c(c1)CCC21CNCC2(CCCCC2)O1. The van der Waals surface area contributed by atoms with Gasteiger partial charge in [-0.1, -0.05) is 43.5 Å². The number of nitrogens with one attached hydrogen (secondary N) is 1. The Kier molecular flexibility index (Phi) is 2.71. The van der Waals surface area contributed by atoms with E-state index in [2.05, 4.69) is 29.6 Å². The zero-order chi connectivity index (χ0) is 12.8. The van der Waals surface area contributed by atoms with Crippen LogP contribution in [0.15, 0.2) is 24.3 Å². The second-order valence-corrected chi connectivity index (χ2v) is 6.60. The van der Waals surface area contributed by atoms with Crippen molar-refractivity contribution < 1.29 is 4.74 Å². The molecule has 0 amide bonds. The van der Waals surface area contributed by atoms with Crippen LogP contribution < -0.4 is 5.32 Å². The van der Waals surface area contributed by atoms with Crippen LogP contribution in [0.4, 0.5) is 0 Å². The molecule has 1 aromatic carbocycles. The van der Waals surface area contributed by atoms with Crippen LogP contribution in [-0.4, -0.2) is 18.7 Å². The minimum atomic E-state index is -0.0355. The van der Waals surface area contributed by atoms with Gasteiger partial charge in [0.1, 0.15) is 5.60 Å². The molecule has 1 saturated heterocycles. The van der Waals surface area contributed by atoms with E-state index in [-0.39, 0.29) is 11.2 Å². The Labute approximate surface area is 115 Å².